The molecule has 1 heterocycles. The molecule has 1 fully saturated rings. The molecule has 0 radical (unpaired) electrons. The number of hydrogen-bond donors (Lipinski definition) is 4. The molecular weight excluding hydrogens is 492 g/mol. The van der Waals surface area contributed by atoms with Crippen LogP contribution in [0.3, 0.4) is 0 Å². The van der Waals surface area contributed by atoms with Crippen LogP contribution in [0.1, 0.15) is 22.7 Å². The van der Waals surface area contributed by atoms with Crippen LogP contribution in [0.5, 0.6) is 0 Å². The van der Waals surface area contributed by atoms with Gasteiger partial charge in [0.25, 0.3) is 0 Å². The number of nitrogens with two attached hydrogens (primary N) is 1. The number of para-hydroxylation sites is 2. The third-order valence-corrected chi connectivity index (χ3v) is 6.34. The van der Waals surface area contributed by atoms with Crippen molar-refractivity contribution in [1.82, 2.24) is 10.2 Å². The monoisotopic (exact) mass is 524 g/mol. The molecule has 9 heteroatoms. The van der Waals surface area contributed by atoms with Crippen LogP contribution in [0.15, 0.2) is 78.9 Å². The van der Waals surface area contributed by atoms with Gasteiger partial charge in [-0.3, -0.25) is 14.5 Å². The highest BCUT2D eigenvalue weighted by atomic mass is 16.5. The summed E-state index contributed by atoms with van der Waals surface area (Å²) in [6.07, 6.45) is 3.15. The number of nitrogens with one attached hydrogen (secondary N) is 3. The second kappa shape index (κ2) is 13.9. The van der Waals surface area contributed by atoms with Crippen molar-refractivity contribution in [1.29, 1.82) is 5.26 Å². The van der Waals surface area contributed by atoms with E-state index in [2.05, 4.69) is 26.9 Å². The second-order valence-corrected chi connectivity index (χ2v) is 9.10. The van der Waals surface area contributed by atoms with Gasteiger partial charge in [0.1, 0.15) is 6.04 Å². The first-order valence-electron chi connectivity index (χ1n) is 12.8. The summed E-state index contributed by atoms with van der Waals surface area (Å²) in [7, 11) is 0. The van der Waals surface area contributed by atoms with Gasteiger partial charge in [-0.25, -0.2) is 0 Å². The van der Waals surface area contributed by atoms with E-state index in [1.807, 2.05) is 24.3 Å². The van der Waals surface area contributed by atoms with Crippen LogP contribution in [0.2, 0.25) is 0 Å². The van der Waals surface area contributed by atoms with Crippen LogP contribution in [0, 0.1) is 11.3 Å². The van der Waals surface area contributed by atoms with E-state index in [9.17, 15) is 9.59 Å². The molecule has 9 nitrogen and oxygen atoms in total. The van der Waals surface area contributed by atoms with Crippen LogP contribution in [-0.4, -0.2) is 56.1 Å². The van der Waals surface area contributed by atoms with Crippen LogP contribution in [0.4, 0.5) is 17.1 Å². The summed E-state index contributed by atoms with van der Waals surface area (Å²) in [5.74, 6) is -0.494. The lowest BCUT2D eigenvalue weighted by Gasteiger charge is -2.27. The standard InChI is InChI=1S/C30H32N6O3/c31-21-23-7-12-25(13-8-23)34-30(38)29(33-15-16-36-17-19-39-20-18-36)24-10-5-22(6-11-24)9-14-28(37)35-27-4-2-1-3-26(27)32/h1-14,29,33H,15-20,32H2,(H,34,38)(H,35,37)/b14-9+. The Labute approximate surface area is 228 Å². The minimum absolute atomic E-state index is 0.204. The molecule has 1 aliphatic heterocycles. The van der Waals surface area contributed by atoms with Crippen molar-refractivity contribution < 1.29 is 14.3 Å². The minimum atomic E-state index is -0.593. The molecule has 200 valence electrons. The summed E-state index contributed by atoms with van der Waals surface area (Å²) >= 11 is 0. The molecule has 1 atom stereocenters. The topological polar surface area (TPSA) is 133 Å². The van der Waals surface area contributed by atoms with Gasteiger partial charge < -0.3 is 26.4 Å². The van der Waals surface area contributed by atoms with E-state index >= 15 is 0 Å². The maximum Gasteiger partial charge on any atom is 0.248 e. The number of benzene rings is 3. The third-order valence-electron chi connectivity index (χ3n) is 6.34. The molecular formula is C30H32N6O3. The van der Waals surface area contributed by atoms with Crippen molar-refractivity contribution in [3.05, 3.63) is 95.6 Å². The van der Waals surface area contributed by atoms with Gasteiger partial charge in [-0.05, 0) is 53.6 Å². The van der Waals surface area contributed by atoms with Gasteiger partial charge in [-0.1, -0.05) is 36.4 Å². The molecule has 0 aromatic heterocycles. The summed E-state index contributed by atoms with van der Waals surface area (Å²) in [6, 6.07) is 22.8. The van der Waals surface area contributed by atoms with Crippen LogP contribution >= 0.6 is 0 Å². The molecule has 0 bridgehead atoms. The maximum atomic E-state index is 13.3. The number of nitrogen functional groups attached to an aromatic ring is 1. The molecule has 1 saturated heterocycles. The zero-order valence-corrected chi connectivity index (χ0v) is 21.6. The predicted octanol–water partition coefficient (Wildman–Crippen LogP) is 3.39. The average Bonchev–Trinajstić information content (AvgIpc) is 2.97. The van der Waals surface area contributed by atoms with Crippen molar-refractivity contribution in [2.45, 2.75) is 6.04 Å². The smallest absolute Gasteiger partial charge is 0.248 e. The number of hydrogen-bond acceptors (Lipinski definition) is 7. The van der Waals surface area contributed by atoms with E-state index in [1.165, 1.54) is 6.08 Å². The number of carbonyl (C=O) groups is 2. The Balaban J connectivity index is 1.42. The SMILES string of the molecule is N#Cc1ccc(NC(=O)C(NCCN2CCOCC2)c2ccc(/C=C/C(=O)Nc3ccccc3N)cc2)cc1. The lowest BCUT2D eigenvalue weighted by molar-refractivity contribution is -0.118. The molecule has 1 aliphatic rings. The molecule has 4 rings (SSSR count). The Morgan fingerprint density at radius 2 is 1.72 bits per heavy atom. The van der Waals surface area contributed by atoms with E-state index in [4.69, 9.17) is 15.7 Å². The third kappa shape index (κ3) is 8.25. The number of nitrogens with zero attached hydrogens (tertiary/aromatic N) is 2. The molecule has 0 aliphatic carbocycles. The summed E-state index contributed by atoms with van der Waals surface area (Å²) < 4.78 is 5.42. The Bertz CT molecular complexity index is 1330. The lowest BCUT2D eigenvalue weighted by atomic mass is 10.0. The van der Waals surface area contributed by atoms with E-state index in [-0.39, 0.29) is 11.8 Å². The van der Waals surface area contributed by atoms with Crippen LogP contribution in [0.25, 0.3) is 6.08 Å². The van der Waals surface area contributed by atoms with Crippen molar-refractivity contribution in [2.75, 3.05) is 55.8 Å². The van der Waals surface area contributed by atoms with Gasteiger partial charge in [0.15, 0.2) is 0 Å². The molecule has 2 amide bonds. The van der Waals surface area contributed by atoms with Gasteiger partial charge in [0.05, 0.1) is 36.2 Å². The Morgan fingerprint density at radius 1 is 1.00 bits per heavy atom. The van der Waals surface area contributed by atoms with E-state index in [0.29, 0.717) is 42.4 Å². The highest BCUT2D eigenvalue weighted by Gasteiger charge is 2.21. The first-order chi connectivity index (χ1) is 19.0. The molecule has 1 unspecified atom stereocenters. The first kappa shape index (κ1) is 27.5. The number of carbonyl (C=O) groups excluding carboxylic acids is 2. The fraction of sp³-hybridized carbons (Fsp3) is 0.233. The molecule has 0 spiro atoms. The second-order valence-electron chi connectivity index (χ2n) is 9.10. The Kier molecular flexibility index (Phi) is 9.80. The zero-order valence-electron chi connectivity index (χ0n) is 21.6. The van der Waals surface area contributed by atoms with E-state index in [0.717, 1.165) is 30.8 Å². The summed E-state index contributed by atoms with van der Waals surface area (Å²) in [5.41, 5.74) is 9.69. The van der Waals surface area contributed by atoms with E-state index < -0.39 is 6.04 Å². The highest BCUT2D eigenvalue weighted by molar-refractivity contribution is 6.03. The van der Waals surface area contributed by atoms with Crippen LogP contribution < -0.4 is 21.7 Å². The van der Waals surface area contributed by atoms with Gasteiger partial charge in [-0.2, -0.15) is 5.26 Å². The number of anilines is 3. The maximum absolute atomic E-state index is 13.3. The molecule has 39 heavy (non-hydrogen) atoms. The fourth-order valence-electron chi connectivity index (χ4n) is 4.15. The first-order valence-corrected chi connectivity index (χ1v) is 12.8. The zero-order chi connectivity index (χ0) is 27.5. The van der Waals surface area contributed by atoms with Crippen molar-refractivity contribution in [2.24, 2.45) is 0 Å². The van der Waals surface area contributed by atoms with Crippen molar-refractivity contribution in [3.8, 4) is 6.07 Å². The highest BCUT2D eigenvalue weighted by Crippen LogP contribution is 2.19. The minimum Gasteiger partial charge on any atom is -0.397 e. The van der Waals surface area contributed by atoms with E-state index in [1.54, 1.807) is 54.6 Å². The lowest BCUT2D eigenvalue weighted by Crippen LogP contribution is -2.42. The fourth-order valence-corrected chi connectivity index (χ4v) is 4.15. The number of ether oxygens (including phenoxy) is 1. The number of morpholine rings is 1. The number of amides is 2. The average molecular weight is 525 g/mol. The van der Waals surface area contributed by atoms with Crippen molar-refractivity contribution >= 4 is 35.0 Å². The van der Waals surface area contributed by atoms with Crippen molar-refractivity contribution in [3.63, 3.8) is 0 Å². The molecule has 3 aromatic rings. The molecule has 3 aromatic carbocycles. The molecule has 5 N–H and O–H groups in total. The summed E-state index contributed by atoms with van der Waals surface area (Å²) in [6.45, 7) is 4.59. The normalized spacial score (nSPS) is 14.4. The summed E-state index contributed by atoms with van der Waals surface area (Å²) in [5, 5.41) is 18.1. The molecule has 0 saturated carbocycles. The van der Waals surface area contributed by atoms with Gasteiger partial charge >= 0.3 is 0 Å². The van der Waals surface area contributed by atoms with Crippen LogP contribution in [-0.2, 0) is 14.3 Å². The quantitative estimate of drug-likeness (QED) is 0.236. The number of rotatable bonds is 10. The van der Waals surface area contributed by atoms with Gasteiger partial charge in [0, 0.05) is 37.9 Å². The summed E-state index contributed by atoms with van der Waals surface area (Å²) in [4.78, 5) is 27.9. The largest absolute Gasteiger partial charge is 0.397 e. The predicted molar refractivity (Wildman–Crippen MR) is 153 cm³/mol. The Morgan fingerprint density at radius 3 is 2.41 bits per heavy atom. The van der Waals surface area contributed by atoms with Gasteiger partial charge in [-0.15, -0.1) is 0 Å². The number of nitriles is 1. The van der Waals surface area contributed by atoms with Gasteiger partial charge in [0.2, 0.25) is 11.8 Å². The Hall–Kier alpha value is -4.49.